The Labute approximate surface area is 194 Å². The standard InChI is InChI=1S/C27H31N3O3/c1-20(22-9-5-3-6-10-22)17-25(31)29-15-13-27(33,14-16-29)21(2)30-19-28-24(18-26(30)32)23-11-7-4-8-12-23/h3-12,18-21,33H,13-17H2,1-2H3/t20?,21-/m1/s1. The zero-order valence-electron chi connectivity index (χ0n) is 19.2. The molecule has 172 valence electrons. The number of rotatable bonds is 6. The van der Waals surface area contributed by atoms with Gasteiger partial charge >= 0.3 is 0 Å². The first-order chi connectivity index (χ1) is 15.9. The van der Waals surface area contributed by atoms with Crippen molar-refractivity contribution in [2.75, 3.05) is 13.1 Å². The Bertz CT molecular complexity index is 1140. The van der Waals surface area contributed by atoms with Crippen LogP contribution in [-0.4, -0.2) is 44.2 Å². The molecule has 6 heteroatoms. The third-order valence-electron chi connectivity index (χ3n) is 6.93. The molecular weight excluding hydrogens is 414 g/mol. The fourth-order valence-corrected chi connectivity index (χ4v) is 4.58. The van der Waals surface area contributed by atoms with Crippen molar-refractivity contribution in [3.8, 4) is 11.3 Å². The summed E-state index contributed by atoms with van der Waals surface area (Å²) in [6.07, 6.45) is 2.81. The Morgan fingerprint density at radius 2 is 1.64 bits per heavy atom. The number of amides is 1. The average Bonchev–Trinajstić information content (AvgIpc) is 2.85. The van der Waals surface area contributed by atoms with Crippen LogP contribution in [0.1, 0.15) is 50.6 Å². The highest BCUT2D eigenvalue weighted by atomic mass is 16.3. The van der Waals surface area contributed by atoms with E-state index in [9.17, 15) is 14.7 Å². The second-order valence-corrected chi connectivity index (χ2v) is 9.06. The van der Waals surface area contributed by atoms with Gasteiger partial charge in [0.15, 0.2) is 0 Å². The van der Waals surface area contributed by atoms with Gasteiger partial charge in [-0.15, -0.1) is 0 Å². The fraction of sp³-hybridized carbons (Fsp3) is 0.370. The molecule has 1 aliphatic rings. The van der Waals surface area contributed by atoms with E-state index in [4.69, 9.17) is 0 Å². The third-order valence-corrected chi connectivity index (χ3v) is 6.93. The Kier molecular flexibility index (Phi) is 6.75. The van der Waals surface area contributed by atoms with Gasteiger partial charge in [0.25, 0.3) is 5.56 Å². The lowest BCUT2D eigenvalue weighted by molar-refractivity contribution is -0.137. The predicted molar refractivity (Wildman–Crippen MR) is 129 cm³/mol. The molecule has 1 unspecified atom stereocenters. The van der Waals surface area contributed by atoms with E-state index < -0.39 is 11.6 Å². The summed E-state index contributed by atoms with van der Waals surface area (Å²) in [6.45, 7) is 4.87. The summed E-state index contributed by atoms with van der Waals surface area (Å²) < 4.78 is 1.50. The van der Waals surface area contributed by atoms with Crippen molar-refractivity contribution in [2.24, 2.45) is 0 Å². The van der Waals surface area contributed by atoms with E-state index in [0.717, 1.165) is 11.1 Å². The SMILES string of the molecule is CC(CC(=O)N1CCC(O)([C@@H](C)n2cnc(-c3ccccc3)cc2=O)CC1)c1ccccc1. The molecule has 1 aliphatic heterocycles. The first-order valence-corrected chi connectivity index (χ1v) is 11.6. The van der Waals surface area contributed by atoms with Crippen LogP contribution in [0.25, 0.3) is 11.3 Å². The van der Waals surface area contributed by atoms with Gasteiger partial charge in [0, 0.05) is 31.1 Å². The molecule has 0 aliphatic carbocycles. The van der Waals surface area contributed by atoms with Crippen molar-refractivity contribution in [2.45, 2.75) is 50.7 Å². The van der Waals surface area contributed by atoms with Crippen LogP contribution in [0.5, 0.6) is 0 Å². The Morgan fingerprint density at radius 1 is 1.03 bits per heavy atom. The monoisotopic (exact) mass is 445 g/mol. The van der Waals surface area contributed by atoms with E-state index in [1.54, 1.807) is 0 Å². The summed E-state index contributed by atoms with van der Waals surface area (Å²) >= 11 is 0. The molecule has 1 fully saturated rings. The number of benzene rings is 2. The number of piperidine rings is 1. The van der Waals surface area contributed by atoms with Crippen LogP contribution in [0.3, 0.4) is 0 Å². The maximum atomic E-state index is 12.8. The molecule has 0 saturated carbocycles. The lowest BCUT2D eigenvalue weighted by Gasteiger charge is -2.42. The summed E-state index contributed by atoms with van der Waals surface area (Å²) in [5, 5.41) is 11.3. The van der Waals surface area contributed by atoms with Crippen molar-refractivity contribution >= 4 is 5.91 Å². The minimum Gasteiger partial charge on any atom is -0.388 e. The van der Waals surface area contributed by atoms with Gasteiger partial charge in [-0.2, -0.15) is 0 Å². The van der Waals surface area contributed by atoms with E-state index in [-0.39, 0.29) is 17.4 Å². The first-order valence-electron chi connectivity index (χ1n) is 11.6. The predicted octanol–water partition coefficient (Wildman–Crippen LogP) is 4.02. The van der Waals surface area contributed by atoms with Crippen LogP contribution in [-0.2, 0) is 4.79 Å². The number of hydrogen-bond donors (Lipinski definition) is 1. The highest BCUT2D eigenvalue weighted by Gasteiger charge is 2.40. The molecule has 4 rings (SSSR count). The third kappa shape index (κ3) is 5.06. The molecule has 2 atom stereocenters. The Morgan fingerprint density at radius 3 is 2.24 bits per heavy atom. The van der Waals surface area contributed by atoms with Gasteiger partial charge < -0.3 is 10.0 Å². The van der Waals surface area contributed by atoms with Gasteiger partial charge in [-0.3, -0.25) is 14.2 Å². The van der Waals surface area contributed by atoms with E-state index in [1.807, 2.05) is 72.5 Å². The quantitative estimate of drug-likeness (QED) is 0.622. The van der Waals surface area contributed by atoms with Crippen LogP contribution in [0, 0.1) is 0 Å². The fourth-order valence-electron chi connectivity index (χ4n) is 4.58. The van der Waals surface area contributed by atoms with Crippen LogP contribution >= 0.6 is 0 Å². The lowest BCUT2D eigenvalue weighted by Crippen LogP contribution is -2.51. The molecule has 33 heavy (non-hydrogen) atoms. The zero-order valence-corrected chi connectivity index (χ0v) is 19.2. The molecule has 2 heterocycles. The van der Waals surface area contributed by atoms with Crippen LogP contribution < -0.4 is 5.56 Å². The molecule has 1 amide bonds. The first kappa shape index (κ1) is 22.9. The summed E-state index contributed by atoms with van der Waals surface area (Å²) in [4.78, 5) is 31.9. The van der Waals surface area contributed by atoms with Gasteiger partial charge in [-0.05, 0) is 31.2 Å². The highest BCUT2D eigenvalue weighted by molar-refractivity contribution is 5.77. The smallest absolute Gasteiger partial charge is 0.254 e. The van der Waals surface area contributed by atoms with Gasteiger partial charge in [-0.25, -0.2) is 4.98 Å². The summed E-state index contributed by atoms with van der Waals surface area (Å²) in [5.41, 5.74) is 1.38. The molecule has 1 saturated heterocycles. The maximum absolute atomic E-state index is 12.8. The lowest BCUT2D eigenvalue weighted by atomic mass is 9.84. The number of carbonyl (C=O) groups excluding carboxylic acids is 1. The van der Waals surface area contributed by atoms with E-state index >= 15 is 0 Å². The summed E-state index contributed by atoms with van der Waals surface area (Å²) in [7, 11) is 0. The zero-order chi connectivity index (χ0) is 23.4. The number of carbonyl (C=O) groups is 1. The van der Waals surface area contributed by atoms with Crippen LogP contribution in [0.2, 0.25) is 0 Å². The largest absolute Gasteiger partial charge is 0.388 e. The van der Waals surface area contributed by atoms with E-state index in [0.29, 0.717) is 38.0 Å². The molecule has 0 radical (unpaired) electrons. The minimum absolute atomic E-state index is 0.104. The second-order valence-electron chi connectivity index (χ2n) is 9.06. The summed E-state index contributed by atoms with van der Waals surface area (Å²) in [5.74, 6) is 0.248. The molecule has 1 aromatic heterocycles. The topological polar surface area (TPSA) is 75.4 Å². The van der Waals surface area contributed by atoms with Gasteiger partial charge in [-0.1, -0.05) is 67.6 Å². The number of hydrogen-bond acceptors (Lipinski definition) is 4. The van der Waals surface area contributed by atoms with E-state index in [1.165, 1.54) is 17.0 Å². The number of aliphatic hydroxyl groups is 1. The van der Waals surface area contributed by atoms with Gasteiger partial charge in [0.1, 0.15) is 0 Å². The van der Waals surface area contributed by atoms with Crippen molar-refractivity contribution in [1.82, 2.24) is 14.5 Å². The molecule has 0 spiro atoms. The molecule has 2 aromatic carbocycles. The Balaban J connectivity index is 1.40. The number of likely N-dealkylation sites (tertiary alicyclic amines) is 1. The van der Waals surface area contributed by atoms with Crippen LogP contribution in [0.4, 0.5) is 0 Å². The minimum atomic E-state index is -1.07. The maximum Gasteiger partial charge on any atom is 0.254 e. The van der Waals surface area contributed by atoms with Gasteiger partial charge in [0.2, 0.25) is 5.91 Å². The molecule has 1 N–H and O–H groups in total. The summed E-state index contributed by atoms with van der Waals surface area (Å²) in [6, 6.07) is 20.7. The number of nitrogens with zero attached hydrogens (tertiary/aromatic N) is 3. The van der Waals surface area contributed by atoms with Crippen molar-refractivity contribution in [3.63, 3.8) is 0 Å². The number of aromatic nitrogens is 2. The van der Waals surface area contributed by atoms with Gasteiger partial charge in [0.05, 0.1) is 23.7 Å². The van der Waals surface area contributed by atoms with Crippen molar-refractivity contribution in [3.05, 3.63) is 89.0 Å². The Hall–Kier alpha value is -3.25. The van der Waals surface area contributed by atoms with E-state index in [2.05, 4.69) is 11.9 Å². The second kappa shape index (κ2) is 9.71. The molecule has 6 nitrogen and oxygen atoms in total. The normalized spacial score (nSPS) is 17.4. The molecule has 3 aromatic rings. The molecular formula is C27H31N3O3. The average molecular weight is 446 g/mol. The van der Waals surface area contributed by atoms with Crippen molar-refractivity contribution < 1.29 is 9.90 Å². The van der Waals surface area contributed by atoms with Crippen molar-refractivity contribution in [1.29, 1.82) is 0 Å². The molecule has 0 bridgehead atoms. The highest BCUT2D eigenvalue weighted by Crippen LogP contribution is 2.33. The van der Waals surface area contributed by atoms with Crippen LogP contribution in [0.15, 0.2) is 77.9 Å².